The highest BCUT2D eigenvalue weighted by Crippen LogP contribution is 2.77. The minimum Gasteiger partial charge on any atom is -0.295 e. The molecule has 3 rings (SSSR count). The molecule has 3 atom stereocenters. The second-order valence-electron chi connectivity index (χ2n) is 6.77. The maximum absolute atomic E-state index is 11.8. The Morgan fingerprint density at radius 3 is 2.69 bits per heavy atom. The van der Waals surface area contributed by atoms with Crippen molar-refractivity contribution in [2.45, 2.75) is 53.4 Å². The number of carbonyl (C=O) groups is 1. The molecule has 0 heterocycles. The van der Waals surface area contributed by atoms with Gasteiger partial charge in [-0.1, -0.05) is 26.3 Å². The van der Waals surface area contributed by atoms with Gasteiger partial charge in [-0.2, -0.15) is 0 Å². The molecule has 2 saturated carbocycles. The van der Waals surface area contributed by atoms with Gasteiger partial charge in [0.05, 0.1) is 0 Å². The molecule has 0 aliphatic heterocycles. The Labute approximate surface area is 98.3 Å². The van der Waals surface area contributed by atoms with Gasteiger partial charge >= 0.3 is 0 Å². The van der Waals surface area contributed by atoms with E-state index in [1.165, 1.54) is 18.4 Å². The Morgan fingerprint density at radius 2 is 2.06 bits per heavy atom. The van der Waals surface area contributed by atoms with Gasteiger partial charge in [0, 0.05) is 6.42 Å². The van der Waals surface area contributed by atoms with E-state index in [0.29, 0.717) is 16.6 Å². The summed E-state index contributed by atoms with van der Waals surface area (Å²) in [6, 6.07) is 0. The Morgan fingerprint density at radius 1 is 1.38 bits per heavy atom. The first kappa shape index (κ1) is 10.6. The molecular weight excluding hydrogens is 196 g/mol. The van der Waals surface area contributed by atoms with E-state index >= 15 is 0 Å². The molecule has 1 nitrogen and oxygen atoms in total. The SMILES string of the molecule is CC1=C2C[C@]3(C(C)C)CC3[C@@]2(C)CCC1=O. The quantitative estimate of drug-likeness (QED) is 0.655. The van der Waals surface area contributed by atoms with Gasteiger partial charge in [-0.3, -0.25) is 4.79 Å². The van der Waals surface area contributed by atoms with E-state index < -0.39 is 0 Å². The molecule has 0 radical (unpaired) electrons. The standard InChI is InChI=1S/C15H22O/c1-9(2)15-7-11-10(3)12(16)5-6-14(11,4)13(15)8-15/h9,13H,5-8H2,1-4H3/t13?,14-,15+/m0/s1. The van der Waals surface area contributed by atoms with Gasteiger partial charge in [0.1, 0.15) is 0 Å². The van der Waals surface area contributed by atoms with E-state index in [1.54, 1.807) is 0 Å². The van der Waals surface area contributed by atoms with Crippen LogP contribution < -0.4 is 0 Å². The molecule has 88 valence electrons. The summed E-state index contributed by atoms with van der Waals surface area (Å²) in [5, 5.41) is 0. The van der Waals surface area contributed by atoms with E-state index in [0.717, 1.165) is 30.3 Å². The number of carbonyl (C=O) groups excluding carboxylic acids is 1. The summed E-state index contributed by atoms with van der Waals surface area (Å²) in [6.07, 6.45) is 4.52. The first-order valence-corrected chi connectivity index (χ1v) is 6.65. The molecule has 3 aliphatic rings. The predicted octanol–water partition coefficient (Wildman–Crippen LogP) is 3.74. The van der Waals surface area contributed by atoms with Gasteiger partial charge in [0.15, 0.2) is 5.78 Å². The molecule has 0 amide bonds. The Bertz CT molecular complexity index is 404. The topological polar surface area (TPSA) is 17.1 Å². The molecule has 2 fully saturated rings. The molecule has 1 unspecified atom stereocenters. The van der Waals surface area contributed by atoms with Gasteiger partial charge in [-0.15, -0.1) is 0 Å². The summed E-state index contributed by atoms with van der Waals surface area (Å²) in [5.74, 6) is 2.06. The second kappa shape index (κ2) is 2.80. The molecule has 0 N–H and O–H groups in total. The minimum atomic E-state index is 0.377. The summed E-state index contributed by atoms with van der Waals surface area (Å²) in [7, 11) is 0. The van der Waals surface area contributed by atoms with Gasteiger partial charge in [-0.25, -0.2) is 0 Å². The lowest BCUT2D eigenvalue weighted by Gasteiger charge is -2.34. The van der Waals surface area contributed by atoms with Crippen LogP contribution in [-0.4, -0.2) is 5.78 Å². The van der Waals surface area contributed by atoms with Crippen LogP contribution in [-0.2, 0) is 4.79 Å². The summed E-state index contributed by atoms with van der Waals surface area (Å²) in [5.41, 5.74) is 3.58. The maximum atomic E-state index is 11.8. The maximum Gasteiger partial charge on any atom is 0.158 e. The molecule has 0 aromatic heterocycles. The molecule has 0 spiro atoms. The molecule has 0 aromatic carbocycles. The van der Waals surface area contributed by atoms with E-state index in [4.69, 9.17) is 0 Å². The van der Waals surface area contributed by atoms with Crippen molar-refractivity contribution in [3.63, 3.8) is 0 Å². The molecule has 0 aromatic rings. The number of fused-ring (bicyclic) bond motifs is 3. The highest BCUT2D eigenvalue weighted by molar-refractivity contribution is 5.97. The average molecular weight is 218 g/mol. The van der Waals surface area contributed by atoms with E-state index in [1.807, 2.05) is 0 Å². The van der Waals surface area contributed by atoms with Gasteiger partial charge in [0.2, 0.25) is 0 Å². The lowest BCUT2D eigenvalue weighted by atomic mass is 9.70. The van der Waals surface area contributed by atoms with Crippen molar-refractivity contribution < 1.29 is 4.79 Å². The van der Waals surface area contributed by atoms with Gasteiger partial charge in [-0.05, 0) is 54.4 Å². The average Bonchev–Trinajstić information content (AvgIpc) is 2.91. The first-order chi connectivity index (χ1) is 7.42. The van der Waals surface area contributed by atoms with Crippen molar-refractivity contribution in [1.29, 1.82) is 0 Å². The Balaban J connectivity index is 2.07. The van der Waals surface area contributed by atoms with Crippen LogP contribution in [0.1, 0.15) is 53.4 Å². The summed E-state index contributed by atoms with van der Waals surface area (Å²) in [4.78, 5) is 11.8. The number of rotatable bonds is 1. The van der Waals surface area contributed by atoms with Crippen LogP contribution in [0, 0.1) is 22.7 Å². The Kier molecular flexibility index (Phi) is 1.85. The summed E-state index contributed by atoms with van der Waals surface area (Å²) < 4.78 is 0. The number of ketones is 1. The van der Waals surface area contributed by atoms with Crippen molar-refractivity contribution in [3.8, 4) is 0 Å². The van der Waals surface area contributed by atoms with Gasteiger partial charge in [0.25, 0.3) is 0 Å². The van der Waals surface area contributed by atoms with Crippen LogP contribution in [0.15, 0.2) is 11.1 Å². The monoisotopic (exact) mass is 218 g/mol. The molecule has 16 heavy (non-hydrogen) atoms. The van der Waals surface area contributed by atoms with Crippen molar-refractivity contribution in [1.82, 2.24) is 0 Å². The van der Waals surface area contributed by atoms with Crippen molar-refractivity contribution in [3.05, 3.63) is 11.1 Å². The third kappa shape index (κ3) is 1.00. The van der Waals surface area contributed by atoms with Crippen molar-refractivity contribution in [2.75, 3.05) is 0 Å². The molecule has 1 heteroatoms. The summed E-state index contributed by atoms with van der Waals surface area (Å²) >= 11 is 0. The number of Topliss-reactive ketones (excluding diaryl/α,β-unsaturated/α-hetero) is 1. The zero-order valence-electron chi connectivity index (χ0n) is 10.9. The van der Waals surface area contributed by atoms with Crippen molar-refractivity contribution in [2.24, 2.45) is 22.7 Å². The van der Waals surface area contributed by atoms with Crippen LogP contribution in [0.3, 0.4) is 0 Å². The predicted molar refractivity (Wildman–Crippen MR) is 65.0 cm³/mol. The third-order valence-corrected chi connectivity index (χ3v) is 5.97. The molecule has 0 saturated heterocycles. The number of hydrogen-bond donors (Lipinski definition) is 0. The Hall–Kier alpha value is -0.590. The zero-order chi connectivity index (χ0) is 11.7. The van der Waals surface area contributed by atoms with E-state index in [2.05, 4.69) is 27.7 Å². The fourth-order valence-electron chi connectivity index (χ4n) is 4.57. The lowest BCUT2D eigenvalue weighted by molar-refractivity contribution is -0.116. The third-order valence-electron chi connectivity index (χ3n) is 5.97. The van der Waals surface area contributed by atoms with Crippen LogP contribution in [0.4, 0.5) is 0 Å². The van der Waals surface area contributed by atoms with Crippen molar-refractivity contribution >= 4 is 5.78 Å². The van der Waals surface area contributed by atoms with Crippen LogP contribution in [0.2, 0.25) is 0 Å². The van der Waals surface area contributed by atoms with E-state index in [-0.39, 0.29) is 0 Å². The largest absolute Gasteiger partial charge is 0.295 e. The highest BCUT2D eigenvalue weighted by atomic mass is 16.1. The summed E-state index contributed by atoms with van der Waals surface area (Å²) in [6.45, 7) is 9.20. The van der Waals surface area contributed by atoms with E-state index in [9.17, 15) is 4.79 Å². The first-order valence-electron chi connectivity index (χ1n) is 6.65. The molecule has 3 aliphatic carbocycles. The number of hydrogen-bond acceptors (Lipinski definition) is 1. The number of allylic oxidation sites excluding steroid dienone is 2. The smallest absolute Gasteiger partial charge is 0.158 e. The van der Waals surface area contributed by atoms with Crippen LogP contribution in [0.5, 0.6) is 0 Å². The fraction of sp³-hybridized carbons (Fsp3) is 0.800. The van der Waals surface area contributed by atoms with Gasteiger partial charge < -0.3 is 0 Å². The molecule has 0 bridgehead atoms. The second-order valence-corrected chi connectivity index (χ2v) is 6.77. The van der Waals surface area contributed by atoms with Crippen LogP contribution in [0.25, 0.3) is 0 Å². The highest BCUT2D eigenvalue weighted by Gasteiger charge is 2.69. The van der Waals surface area contributed by atoms with Crippen LogP contribution >= 0.6 is 0 Å². The normalized spacial score (nSPS) is 46.1. The lowest BCUT2D eigenvalue weighted by Crippen LogP contribution is -2.27. The minimum absolute atomic E-state index is 0.377. The molecular formula is C15H22O. The fourth-order valence-corrected chi connectivity index (χ4v) is 4.57. The zero-order valence-corrected chi connectivity index (χ0v) is 10.9.